The molecule has 0 radical (unpaired) electrons. The van der Waals surface area contributed by atoms with Gasteiger partial charge in [0.15, 0.2) is 0 Å². The maximum absolute atomic E-state index is 5.69. The summed E-state index contributed by atoms with van der Waals surface area (Å²) in [6, 6.07) is 10.4. The molecule has 0 saturated heterocycles. The molecule has 0 bridgehead atoms. The molecule has 0 aliphatic carbocycles. The highest BCUT2D eigenvalue weighted by Gasteiger charge is 2.04. The Hall–Kier alpha value is -1.02. The van der Waals surface area contributed by atoms with E-state index in [4.69, 9.17) is 4.74 Å². The van der Waals surface area contributed by atoms with E-state index in [9.17, 15) is 0 Å². The summed E-state index contributed by atoms with van der Waals surface area (Å²) in [6.45, 7) is 6.18. The Labute approximate surface area is 92.6 Å². The molecule has 1 aromatic rings. The van der Waals surface area contributed by atoms with Gasteiger partial charge in [0.25, 0.3) is 0 Å². The Morgan fingerprint density at radius 2 is 1.93 bits per heavy atom. The molecule has 0 heterocycles. The first-order chi connectivity index (χ1) is 7.36. The van der Waals surface area contributed by atoms with Crippen molar-refractivity contribution in [3.8, 4) is 5.75 Å². The molecule has 1 aromatic carbocycles. The van der Waals surface area contributed by atoms with Gasteiger partial charge in [0, 0.05) is 6.04 Å². The molecule has 0 aliphatic heterocycles. The molecular formula is C13H21NO. The first kappa shape index (κ1) is 12.1. The molecule has 0 spiro atoms. The van der Waals surface area contributed by atoms with E-state index in [0.717, 1.165) is 25.3 Å². The van der Waals surface area contributed by atoms with Gasteiger partial charge >= 0.3 is 0 Å². The predicted octanol–water partition coefficient (Wildman–Crippen LogP) is 2.84. The van der Waals surface area contributed by atoms with Crippen LogP contribution >= 0.6 is 0 Å². The Morgan fingerprint density at radius 1 is 1.20 bits per heavy atom. The van der Waals surface area contributed by atoms with E-state index in [-0.39, 0.29) is 0 Å². The van der Waals surface area contributed by atoms with E-state index in [0.29, 0.717) is 6.04 Å². The van der Waals surface area contributed by atoms with Crippen LogP contribution in [0, 0.1) is 0 Å². The zero-order valence-corrected chi connectivity index (χ0v) is 9.70. The van der Waals surface area contributed by atoms with Crippen LogP contribution in [0.3, 0.4) is 0 Å². The van der Waals surface area contributed by atoms with Gasteiger partial charge in [-0.05, 0) is 31.5 Å². The van der Waals surface area contributed by atoms with Gasteiger partial charge in [-0.1, -0.05) is 32.0 Å². The molecule has 0 amide bonds. The number of hydrogen-bond donors (Lipinski definition) is 1. The van der Waals surface area contributed by atoms with E-state index >= 15 is 0 Å². The first-order valence-electron chi connectivity index (χ1n) is 5.78. The predicted molar refractivity (Wildman–Crippen MR) is 64.3 cm³/mol. The average molecular weight is 207 g/mol. The van der Waals surface area contributed by atoms with Gasteiger partial charge in [-0.15, -0.1) is 0 Å². The number of para-hydroxylation sites is 1. The molecule has 1 atom stereocenters. The third-order valence-corrected chi connectivity index (χ3v) is 2.37. The van der Waals surface area contributed by atoms with Crippen LogP contribution in [0.25, 0.3) is 0 Å². The summed E-state index contributed by atoms with van der Waals surface area (Å²) in [5, 5.41) is 3.46. The van der Waals surface area contributed by atoms with E-state index in [1.165, 1.54) is 6.42 Å². The van der Waals surface area contributed by atoms with Crippen LogP contribution in [0.2, 0.25) is 0 Å². The Bertz CT molecular complexity index is 248. The zero-order valence-electron chi connectivity index (χ0n) is 9.70. The van der Waals surface area contributed by atoms with Crippen LogP contribution in [0.5, 0.6) is 5.75 Å². The molecule has 0 aromatic heterocycles. The van der Waals surface area contributed by atoms with Crippen LogP contribution in [-0.2, 0) is 0 Å². The fourth-order valence-corrected chi connectivity index (χ4v) is 1.38. The Balaban J connectivity index is 2.28. The molecule has 1 unspecified atom stereocenters. The van der Waals surface area contributed by atoms with Crippen LogP contribution in [0.4, 0.5) is 0 Å². The van der Waals surface area contributed by atoms with Gasteiger partial charge in [0.1, 0.15) is 12.4 Å². The number of rotatable bonds is 7. The van der Waals surface area contributed by atoms with Crippen molar-refractivity contribution in [3.05, 3.63) is 30.3 Å². The second-order valence-corrected chi connectivity index (χ2v) is 3.68. The van der Waals surface area contributed by atoms with Crippen molar-refractivity contribution in [1.82, 2.24) is 5.32 Å². The van der Waals surface area contributed by atoms with Crippen LogP contribution in [-0.4, -0.2) is 19.2 Å². The SMILES string of the molecule is CCCNC(CC)COc1ccccc1. The van der Waals surface area contributed by atoms with Gasteiger partial charge in [0.2, 0.25) is 0 Å². The van der Waals surface area contributed by atoms with Crippen LogP contribution in [0.1, 0.15) is 26.7 Å². The van der Waals surface area contributed by atoms with Crippen LogP contribution in [0.15, 0.2) is 30.3 Å². The normalized spacial score (nSPS) is 12.4. The fraction of sp³-hybridized carbons (Fsp3) is 0.538. The standard InChI is InChI=1S/C13H21NO/c1-3-10-14-12(4-2)11-15-13-8-6-5-7-9-13/h5-9,12,14H,3-4,10-11H2,1-2H3. The summed E-state index contributed by atoms with van der Waals surface area (Å²) in [6.07, 6.45) is 2.27. The Morgan fingerprint density at radius 3 is 2.53 bits per heavy atom. The van der Waals surface area contributed by atoms with Gasteiger partial charge in [-0.2, -0.15) is 0 Å². The third-order valence-electron chi connectivity index (χ3n) is 2.37. The highest BCUT2D eigenvalue weighted by molar-refractivity contribution is 5.20. The van der Waals surface area contributed by atoms with Crippen molar-refractivity contribution in [2.45, 2.75) is 32.7 Å². The highest BCUT2D eigenvalue weighted by Crippen LogP contribution is 2.08. The lowest BCUT2D eigenvalue weighted by Crippen LogP contribution is -2.34. The van der Waals surface area contributed by atoms with Crippen LogP contribution < -0.4 is 10.1 Å². The van der Waals surface area contributed by atoms with Crippen molar-refractivity contribution in [2.75, 3.05) is 13.2 Å². The van der Waals surface area contributed by atoms with Crippen molar-refractivity contribution < 1.29 is 4.74 Å². The minimum absolute atomic E-state index is 0.463. The maximum atomic E-state index is 5.69. The monoisotopic (exact) mass is 207 g/mol. The smallest absolute Gasteiger partial charge is 0.119 e. The second kappa shape index (κ2) is 7.30. The summed E-state index contributed by atoms with van der Waals surface area (Å²) >= 11 is 0. The largest absolute Gasteiger partial charge is 0.492 e. The minimum atomic E-state index is 0.463. The summed E-state index contributed by atoms with van der Waals surface area (Å²) in [4.78, 5) is 0. The molecule has 0 saturated carbocycles. The summed E-state index contributed by atoms with van der Waals surface area (Å²) in [7, 11) is 0. The van der Waals surface area contributed by atoms with Crippen molar-refractivity contribution in [2.24, 2.45) is 0 Å². The lowest BCUT2D eigenvalue weighted by Gasteiger charge is -2.17. The minimum Gasteiger partial charge on any atom is -0.492 e. The van der Waals surface area contributed by atoms with E-state index in [1.54, 1.807) is 0 Å². The van der Waals surface area contributed by atoms with Crippen molar-refractivity contribution in [1.29, 1.82) is 0 Å². The number of hydrogen-bond acceptors (Lipinski definition) is 2. The van der Waals surface area contributed by atoms with Gasteiger partial charge < -0.3 is 10.1 Å². The van der Waals surface area contributed by atoms with Crippen molar-refractivity contribution >= 4 is 0 Å². The molecule has 1 rings (SSSR count). The van der Waals surface area contributed by atoms with E-state index in [1.807, 2.05) is 30.3 Å². The zero-order chi connectivity index (χ0) is 10.9. The highest BCUT2D eigenvalue weighted by atomic mass is 16.5. The topological polar surface area (TPSA) is 21.3 Å². The number of nitrogens with one attached hydrogen (secondary N) is 1. The molecular weight excluding hydrogens is 186 g/mol. The third kappa shape index (κ3) is 4.84. The van der Waals surface area contributed by atoms with Gasteiger partial charge in [-0.25, -0.2) is 0 Å². The summed E-state index contributed by atoms with van der Waals surface area (Å²) < 4.78 is 5.69. The Kier molecular flexibility index (Phi) is 5.86. The fourth-order valence-electron chi connectivity index (χ4n) is 1.38. The number of benzene rings is 1. The van der Waals surface area contributed by atoms with E-state index in [2.05, 4.69) is 19.2 Å². The number of ether oxygens (including phenoxy) is 1. The van der Waals surface area contributed by atoms with Gasteiger partial charge in [0.05, 0.1) is 0 Å². The molecule has 0 fully saturated rings. The second-order valence-electron chi connectivity index (χ2n) is 3.68. The molecule has 2 heteroatoms. The van der Waals surface area contributed by atoms with Crippen molar-refractivity contribution in [3.63, 3.8) is 0 Å². The molecule has 15 heavy (non-hydrogen) atoms. The lowest BCUT2D eigenvalue weighted by atomic mass is 10.2. The average Bonchev–Trinajstić information content (AvgIpc) is 2.31. The molecule has 0 aliphatic rings. The lowest BCUT2D eigenvalue weighted by molar-refractivity contribution is 0.260. The van der Waals surface area contributed by atoms with Gasteiger partial charge in [-0.3, -0.25) is 0 Å². The molecule has 1 N–H and O–H groups in total. The summed E-state index contributed by atoms with van der Waals surface area (Å²) in [5.74, 6) is 0.953. The first-order valence-corrected chi connectivity index (χ1v) is 5.78. The maximum Gasteiger partial charge on any atom is 0.119 e. The molecule has 84 valence electrons. The quantitative estimate of drug-likeness (QED) is 0.742. The summed E-state index contributed by atoms with van der Waals surface area (Å²) in [5.41, 5.74) is 0. The van der Waals surface area contributed by atoms with E-state index < -0.39 is 0 Å². The molecule has 2 nitrogen and oxygen atoms in total.